The second kappa shape index (κ2) is 8.79. The third-order valence-electron chi connectivity index (χ3n) is 4.76. The third-order valence-corrected chi connectivity index (χ3v) is 5.79. The fourth-order valence-corrected chi connectivity index (χ4v) is 4.37. The summed E-state index contributed by atoms with van der Waals surface area (Å²) < 4.78 is 0. The number of hydrogen-bond acceptors (Lipinski definition) is 1. The number of rotatable bonds is 8. The normalized spacial score (nSPS) is 23.6. The first kappa shape index (κ1) is 15.1. The van der Waals surface area contributed by atoms with Gasteiger partial charge in [-0.15, -0.1) is 11.3 Å². The van der Waals surface area contributed by atoms with Gasteiger partial charge in [0.25, 0.3) is 0 Å². The Morgan fingerprint density at radius 3 is 2.42 bits per heavy atom. The molecule has 2 rings (SSSR count). The van der Waals surface area contributed by atoms with Crippen molar-refractivity contribution in [2.45, 2.75) is 83.5 Å². The Balaban J connectivity index is 1.54. The average molecular weight is 279 g/mol. The molecule has 1 aromatic rings. The van der Waals surface area contributed by atoms with E-state index >= 15 is 0 Å². The van der Waals surface area contributed by atoms with E-state index in [0.717, 1.165) is 11.8 Å². The fraction of sp³-hybridized carbons (Fsp3) is 0.778. The summed E-state index contributed by atoms with van der Waals surface area (Å²) in [6.45, 7) is 2.30. The molecule has 1 heterocycles. The molecule has 108 valence electrons. The second-order valence-electron chi connectivity index (χ2n) is 6.29. The molecule has 1 aliphatic carbocycles. The van der Waals surface area contributed by atoms with Crippen LogP contribution in [-0.2, 0) is 0 Å². The topological polar surface area (TPSA) is 0 Å². The van der Waals surface area contributed by atoms with Gasteiger partial charge in [0.2, 0.25) is 0 Å². The van der Waals surface area contributed by atoms with Gasteiger partial charge in [0, 0.05) is 4.88 Å². The van der Waals surface area contributed by atoms with Gasteiger partial charge in [0.05, 0.1) is 0 Å². The first-order chi connectivity index (χ1) is 9.40. The minimum absolute atomic E-state index is 0.890. The molecular formula is C18H30S. The van der Waals surface area contributed by atoms with Gasteiger partial charge in [-0.05, 0) is 49.0 Å². The minimum Gasteiger partial charge on any atom is -0.149 e. The van der Waals surface area contributed by atoms with E-state index in [1.54, 1.807) is 4.88 Å². The van der Waals surface area contributed by atoms with Crippen LogP contribution in [0.15, 0.2) is 17.5 Å². The van der Waals surface area contributed by atoms with E-state index < -0.39 is 0 Å². The molecule has 0 saturated heterocycles. The highest BCUT2D eigenvalue weighted by Crippen LogP contribution is 2.39. The van der Waals surface area contributed by atoms with Crippen molar-refractivity contribution in [3.05, 3.63) is 22.4 Å². The van der Waals surface area contributed by atoms with E-state index in [9.17, 15) is 0 Å². The average Bonchev–Trinajstić information content (AvgIpc) is 2.97. The molecule has 0 unspecified atom stereocenters. The lowest BCUT2D eigenvalue weighted by Crippen LogP contribution is -2.12. The maximum atomic E-state index is 2.34. The van der Waals surface area contributed by atoms with E-state index in [4.69, 9.17) is 0 Å². The zero-order chi connectivity index (χ0) is 13.3. The fourth-order valence-electron chi connectivity index (χ4n) is 3.47. The SMILES string of the molecule is CCCCCCCCC1CCC(c2cccs2)CC1. The maximum absolute atomic E-state index is 2.34. The summed E-state index contributed by atoms with van der Waals surface area (Å²) in [7, 11) is 0. The van der Waals surface area contributed by atoms with E-state index in [-0.39, 0.29) is 0 Å². The zero-order valence-electron chi connectivity index (χ0n) is 12.6. The predicted molar refractivity (Wildman–Crippen MR) is 87.0 cm³/mol. The van der Waals surface area contributed by atoms with Crippen molar-refractivity contribution in [3.8, 4) is 0 Å². The van der Waals surface area contributed by atoms with Gasteiger partial charge in [-0.3, -0.25) is 0 Å². The highest BCUT2D eigenvalue weighted by atomic mass is 32.1. The van der Waals surface area contributed by atoms with Crippen LogP contribution in [0.4, 0.5) is 0 Å². The monoisotopic (exact) mass is 278 g/mol. The van der Waals surface area contributed by atoms with Gasteiger partial charge in [-0.1, -0.05) is 57.9 Å². The van der Waals surface area contributed by atoms with Crippen LogP contribution >= 0.6 is 11.3 Å². The van der Waals surface area contributed by atoms with Gasteiger partial charge in [0.1, 0.15) is 0 Å². The first-order valence-electron chi connectivity index (χ1n) is 8.43. The van der Waals surface area contributed by atoms with Crippen molar-refractivity contribution in [3.63, 3.8) is 0 Å². The number of thiophene rings is 1. The van der Waals surface area contributed by atoms with Crippen molar-refractivity contribution in [2.75, 3.05) is 0 Å². The molecule has 0 bridgehead atoms. The zero-order valence-corrected chi connectivity index (χ0v) is 13.4. The van der Waals surface area contributed by atoms with Crippen molar-refractivity contribution in [1.82, 2.24) is 0 Å². The maximum Gasteiger partial charge on any atom is 0.00761 e. The molecule has 0 atom stereocenters. The Kier molecular flexibility index (Phi) is 6.98. The first-order valence-corrected chi connectivity index (χ1v) is 9.31. The lowest BCUT2D eigenvalue weighted by Gasteiger charge is -2.28. The quantitative estimate of drug-likeness (QED) is 0.460. The van der Waals surface area contributed by atoms with Crippen LogP contribution in [0.1, 0.15) is 88.3 Å². The second-order valence-corrected chi connectivity index (χ2v) is 7.27. The molecular weight excluding hydrogens is 248 g/mol. The Morgan fingerprint density at radius 2 is 1.74 bits per heavy atom. The summed E-state index contributed by atoms with van der Waals surface area (Å²) in [5, 5.41) is 2.23. The summed E-state index contributed by atoms with van der Waals surface area (Å²) in [5.41, 5.74) is 0. The highest BCUT2D eigenvalue weighted by Gasteiger charge is 2.22. The van der Waals surface area contributed by atoms with Crippen LogP contribution < -0.4 is 0 Å². The van der Waals surface area contributed by atoms with Crippen molar-refractivity contribution >= 4 is 11.3 Å². The Morgan fingerprint density at radius 1 is 1.00 bits per heavy atom. The summed E-state index contributed by atoms with van der Waals surface area (Å²) in [4.78, 5) is 1.64. The molecule has 0 N–H and O–H groups in total. The van der Waals surface area contributed by atoms with Crippen LogP contribution in [0.25, 0.3) is 0 Å². The van der Waals surface area contributed by atoms with Gasteiger partial charge in [0.15, 0.2) is 0 Å². The number of unbranched alkanes of at least 4 members (excludes halogenated alkanes) is 5. The van der Waals surface area contributed by atoms with Crippen molar-refractivity contribution in [2.24, 2.45) is 5.92 Å². The molecule has 19 heavy (non-hydrogen) atoms. The van der Waals surface area contributed by atoms with Gasteiger partial charge >= 0.3 is 0 Å². The molecule has 1 aromatic heterocycles. The molecule has 0 amide bonds. The largest absolute Gasteiger partial charge is 0.149 e. The Labute approximate surface area is 123 Å². The molecule has 0 spiro atoms. The van der Waals surface area contributed by atoms with Crippen molar-refractivity contribution in [1.29, 1.82) is 0 Å². The lowest BCUT2D eigenvalue weighted by molar-refractivity contribution is 0.303. The molecule has 0 aromatic carbocycles. The standard InChI is InChI=1S/C18H30S/c1-2-3-4-5-6-7-9-16-11-13-17(14-12-16)18-10-8-15-19-18/h8,10,15-17H,2-7,9,11-14H2,1H3. The van der Waals surface area contributed by atoms with Crippen LogP contribution in [0.2, 0.25) is 0 Å². The molecule has 0 aliphatic heterocycles. The summed E-state index contributed by atoms with van der Waals surface area (Å²) >= 11 is 1.96. The van der Waals surface area contributed by atoms with E-state index in [2.05, 4.69) is 24.4 Å². The van der Waals surface area contributed by atoms with E-state index in [1.165, 1.54) is 70.6 Å². The van der Waals surface area contributed by atoms with Crippen LogP contribution in [0.5, 0.6) is 0 Å². The molecule has 1 saturated carbocycles. The van der Waals surface area contributed by atoms with Crippen molar-refractivity contribution < 1.29 is 0 Å². The van der Waals surface area contributed by atoms with Gasteiger partial charge in [-0.25, -0.2) is 0 Å². The van der Waals surface area contributed by atoms with Gasteiger partial charge in [-0.2, -0.15) is 0 Å². The van der Waals surface area contributed by atoms with Gasteiger partial charge < -0.3 is 0 Å². The number of hydrogen-bond donors (Lipinski definition) is 0. The van der Waals surface area contributed by atoms with Crippen LogP contribution in [-0.4, -0.2) is 0 Å². The molecule has 0 nitrogen and oxygen atoms in total. The summed E-state index contributed by atoms with van der Waals surface area (Å²) in [6, 6.07) is 4.55. The molecule has 1 aliphatic rings. The molecule has 0 radical (unpaired) electrons. The summed E-state index contributed by atoms with van der Waals surface area (Å²) in [5.74, 6) is 1.93. The molecule has 1 fully saturated rings. The Bertz CT molecular complexity index is 306. The van der Waals surface area contributed by atoms with Crippen LogP contribution in [0.3, 0.4) is 0 Å². The predicted octanol–water partition coefficient (Wildman–Crippen LogP) is 6.77. The van der Waals surface area contributed by atoms with Crippen LogP contribution in [0, 0.1) is 5.92 Å². The van der Waals surface area contributed by atoms with E-state index in [0.29, 0.717) is 0 Å². The minimum atomic E-state index is 0.890. The smallest absolute Gasteiger partial charge is 0.00761 e. The van der Waals surface area contributed by atoms with E-state index in [1.807, 2.05) is 11.3 Å². The lowest BCUT2D eigenvalue weighted by atomic mass is 9.79. The molecule has 1 heteroatoms. The Hall–Kier alpha value is -0.300. The third kappa shape index (κ3) is 5.30. The highest BCUT2D eigenvalue weighted by molar-refractivity contribution is 7.10. The summed E-state index contributed by atoms with van der Waals surface area (Å²) in [6.07, 6.45) is 16.1.